The van der Waals surface area contributed by atoms with Gasteiger partial charge in [-0.2, -0.15) is 0 Å². The second-order valence-electron chi connectivity index (χ2n) is 5.98. The molecule has 114 valence electrons. The molecule has 1 aromatic heterocycles. The highest BCUT2D eigenvalue weighted by Gasteiger charge is 2.39. The van der Waals surface area contributed by atoms with Crippen molar-refractivity contribution >= 4 is 5.91 Å². The number of nitrogens with zero attached hydrogens (tertiary/aromatic N) is 1. The molecule has 0 bridgehead atoms. The Balaban J connectivity index is 1.81. The van der Waals surface area contributed by atoms with Crippen LogP contribution in [0, 0.1) is 11.8 Å². The van der Waals surface area contributed by atoms with E-state index in [-0.39, 0.29) is 23.4 Å². The SMILES string of the molecule is C[C@@H]1C[C@@H]1C(=O)N[C@@H](Cn1ccccc1=O)c1ccccc1. The number of carbonyl (C=O) groups is 1. The predicted octanol–water partition coefficient (Wildman–Crippen LogP) is 2.36. The quantitative estimate of drug-likeness (QED) is 0.921. The van der Waals surface area contributed by atoms with E-state index in [0.29, 0.717) is 12.5 Å². The van der Waals surface area contributed by atoms with Gasteiger partial charge in [0.05, 0.1) is 12.6 Å². The summed E-state index contributed by atoms with van der Waals surface area (Å²) in [5.74, 6) is 0.680. The standard InChI is InChI=1S/C18H20N2O2/c1-13-11-15(13)18(22)19-16(14-7-3-2-4-8-14)12-20-10-6-5-9-17(20)21/h2-10,13,15-16H,11-12H2,1H3,(H,19,22)/t13-,15+,16+/m1/s1. The third-order valence-corrected chi connectivity index (χ3v) is 4.24. The predicted molar refractivity (Wildman–Crippen MR) is 85.3 cm³/mol. The van der Waals surface area contributed by atoms with Crippen LogP contribution in [0.15, 0.2) is 59.5 Å². The van der Waals surface area contributed by atoms with Crippen molar-refractivity contribution in [2.24, 2.45) is 11.8 Å². The summed E-state index contributed by atoms with van der Waals surface area (Å²) >= 11 is 0. The van der Waals surface area contributed by atoms with Crippen LogP contribution in [0.1, 0.15) is 24.9 Å². The number of hydrogen-bond acceptors (Lipinski definition) is 2. The van der Waals surface area contributed by atoms with Crippen LogP contribution in [0.5, 0.6) is 0 Å². The highest BCUT2D eigenvalue weighted by atomic mass is 16.2. The summed E-state index contributed by atoms with van der Waals surface area (Å²) < 4.78 is 1.63. The molecule has 1 saturated carbocycles. The topological polar surface area (TPSA) is 51.1 Å². The van der Waals surface area contributed by atoms with Gasteiger partial charge in [0.25, 0.3) is 5.56 Å². The summed E-state index contributed by atoms with van der Waals surface area (Å²) in [6, 6.07) is 14.7. The molecule has 22 heavy (non-hydrogen) atoms. The lowest BCUT2D eigenvalue weighted by atomic mass is 10.1. The van der Waals surface area contributed by atoms with E-state index in [4.69, 9.17) is 0 Å². The fraction of sp³-hybridized carbons (Fsp3) is 0.333. The van der Waals surface area contributed by atoms with Gasteiger partial charge in [-0.25, -0.2) is 0 Å². The van der Waals surface area contributed by atoms with Crippen molar-refractivity contribution in [1.82, 2.24) is 9.88 Å². The molecule has 4 nitrogen and oxygen atoms in total. The highest BCUT2D eigenvalue weighted by Crippen LogP contribution is 2.38. The van der Waals surface area contributed by atoms with Crippen LogP contribution in [0.2, 0.25) is 0 Å². The number of amides is 1. The maximum atomic E-state index is 12.3. The second kappa shape index (κ2) is 6.18. The van der Waals surface area contributed by atoms with E-state index in [1.54, 1.807) is 16.8 Å². The largest absolute Gasteiger partial charge is 0.347 e. The van der Waals surface area contributed by atoms with Crippen LogP contribution in [-0.2, 0) is 11.3 Å². The van der Waals surface area contributed by atoms with Gasteiger partial charge in [-0.1, -0.05) is 43.3 Å². The average Bonchev–Trinajstić information content (AvgIpc) is 3.26. The first kappa shape index (κ1) is 14.6. The molecule has 1 aromatic carbocycles. The Morgan fingerprint density at radius 3 is 2.55 bits per heavy atom. The zero-order valence-corrected chi connectivity index (χ0v) is 12.6. The van der Waals surface area contributed by atoms with E-state index >= 15 is 0 Å². The van der Waals surface area contributed by atoms with E-state index in [9.17, 15) is 9.59 Å². The van der Waals surface area contributed by atoms with Gasteiger partial charge in [0.1, 0.15) is 0 Å². The maximum absolute atomic E-state index is 12.3. The van der Waals surface area contributed by atoms with Crippen LogP contribution < -0.4 is 10.9 Å². The summed E-state index contributed by atoms with van der Waals surface area (Å²) in [5.41, 5.74) is 0.956. The molecule has 0 unspecified atom stereocenters. The van der Waals surface area contributed by atoms with Gasteiger partial charge in [0.15, 0.2) is 0 Å². The van der Waals surface area contributed by atoms with Crippen molar-refractivity contribution < 1.29 is 4.79 Å². The number of aromatic nitrogens is 1. The van der Waals surface area contributed by atoms with E-state index in [1.165, 1.54) is 6.07 Å². The van der Waals surface area contributed by atoms with E-state index in [2.05, 4.69) is 12.2 Å². The number of nitrogens with one attached hydrogen (secondary N) is 1. The molecule has 1 aliphatic carbocycles. The number of hydrogen-bond donors (Lipinski definition) is 1. The van der Waals surface area contributed by atoms with Crippen LogP contribution in [0.4, 0.5) is 0 Å². The van der Waals surface area contributed by atoms with Gasteiger partial charge >= 0.3 is 0 Å². The molecule has 1 N–H and O–H groups in total. The Kier molecular flexibility index (Phi) is 4.09. The third kappa shape index (κ3) is 3.27. The molecule has 4 heteroatoms. The van der Waals surface area contributed by atoms with E-state index in [1.807, 2.05) is 36.4 Å². The molecule has 3 atom stereocenters. The van der Waals surface area contributed by atoms with Crippen molar-refractivity contribution in [3.05, 3.63) is 70.6 Å². The van der Waals surface area contributed by atoms with Crippen LogP contribution >= 0.6 is 0 Å². The zero-order valence-electron chi connectivity index (χ0n) is 12.6. The number of pyridine rings is 1. The lowest BCUT2D eigenvalue weighted by molar-refractivity contribution is -0.123. The van der Waals surface area contributed by atoms with Crippen molar-refractivity contribution in [1.29, 1.82) is 0 Å². The number of rotatable bonds is 5. The Hall–Kier alpha value is -2.36. The molecule has 1 heterocycles. The van der Waals surface area contributed by atoms with Gasteiger partial charge in [0, 0.05) is 18.2 Å². The lowest BCUT2D eigenvalue weighted by Gasteiger charge is -2.20. The zero-order chi connectivity index (χ0) is 15.5. The number of benzene rings is 1. The molecular weight excluding hydrogens is 276 g/mol. The molecule has 0 spiro atoms. The van der Waals surface area contributed by atoms with Crippen molar-refractivity contribution in [3.8, 4) is 0 Å². The minimum atomic E-state index is -0.193. The molecule has 0 saturated heterocycles. The van der Waals surface area contributed by atoms with Gasteiger partial charge in [-0.05, 0) is 24.0 Å². The Morgan fingerprint density at radius 1 is 1.23 bits per heavy atom. The smallest absolute Gasteiger partial charge is 0.250 e. The first-order valence-electron chi connectivity index (χ1n) is 7.66. The van der Waals surface area contributed by atoms with E-state index in [0.717, 1.165) is 12.0 Å². The normalized spacial score (nSPS) is 21.1. The third-order valence-electron chi connectivity index (χ3n) is 4.24. The summed E-state index contributed by atoms with van der Waals surface area (Å²) in [5, 5.41) is 3.10. The molecule has 1 aliphatic rings. The molecule has 2 aromatic rings. The van der Waals surface area contributed by atoms with Crippen LogP contribution in [-0.4, -0.2) is 10.5 Å². The first-order valence-corrected chi connectivity index (χ1v) is 7.66. The van der Waals surface area contributed by atoms with Gasteiger partial charge in [0.2, 0.25) is 5.91 Å². The molecule has 3 rings (SSSR count). The van der Waals surface area contributed by atoms with Gasteiger partial charge < -0.3 is 9.88 Å². The van der Waals surface area contributed by atoms with Crippen molar-refractivity contribution in [2.75, 3.05) is 0 Å². The Labute approximate surface area is 129 Å². The summed E-state index contributed by atoms with van der Waals surface area (Å²) in [6.07, 6.45) is 2.71. The lowest BCUT2D eigenvalue weighted by Crippen LogP contribution is -2.35. The minimum Gasteiger partial charge on any atom is -0.347 e. The number of carbonyl (C=O) groups excluding carboxylic acids is 1. The monoisotopic (exact) mass is 296 g/mol. The Bertz CT molecular complexity index is 708. The fourth-order valence-electron chi connectivity index (χ4n) is 2.69. The van der Waals surface area contributed by atoms with E-state index < -0.39 is 0 Å². The second-order valence-corrected chi connectivity index (χ2v) is 5.98. The molecule has 0 radical (unpaired) electrons. The molecule has 0 aliphatic heterocycles. The molecular formula is C18H20N2O2. The summed E-state index contributed by atoms with van der Waals surface area (Å²) in [6.45, 7) is 2.53. The molecule has 1 amide bonds. The van der Waals surface area contributed by atoms with Crippen molar-refractivity contribution in [2.45, 2.75) is 25.9 Å². The van der Waals surface area contributed by atoms with Gasteiger partial charge in [-0.3, -0.25) is 9.59 Å². The summed E-state index contributed by atoms with van der Waals surface area (Å²) in [7, 11) is 0. The fourth-order valence-corrected chi connectivity index (χ4v) is 2.69. The van der Waals surface area contributed by atoms with Crippen LogP contribution in [0.25, 0.3) is 0 Å². The maximum Gasteiger partial charge on any atom is 0.250 e. The van der Waals surface area contributed by atoms with Gasteiger partial charge in [-0.15, -0.1) is 0 Å². The summed E-state index contributed by atoms with van der Waals surface area (Å²) in [4.78, 5) is 24.2. The minimum absolute atomic E-state index is 0.0579. The molecule has 1 fully saturated rings. The van der Waals surface area contributed by atoms with Crippen molar-refractivity contribution in [3.63, 3.8) is 0 Å². The first-order chi connectivity index (χ1) is 10.6. The Morgan fingerprint density at radius 2 is 1.91 bits per heavy atom. The highest BCUT2D eigenvalue weighted by molar-refractivity contribution is 5.81. The average molecular weight is 296 g/mol. The van der Waals surface area contributed by atoms with Crippen LogP contribution in [0.3, 0.4) is 0 Å².